The monoisotopic (exact) mass is 208 g/mol. The van der Waals surface area contributed by atoms with Gasteiger partial charge in [0.15, 0.2) is 0 Å². The summed E-state index contributed by atoms with van der Waals surface area (Å²) in [6, 6.07) is 0. The third-order valence-electron chi connectivity index (χ3n) is 2.95. The molecule has 15 heavy (non-hydrogen) atoms. The minimum atomic E-state index is 0.415. The number of allylic oxidation sites excluding steroid dienone is 2. The van der Waals surface area contributed by atoms with Crippen LogP contribution in [0.5, 0.6) is 0 Å². The van der Waals surface area contributed by atoms with E-state index >= 15 is 0 Å². The highest BCUT2D eigenvalue weighted by Gasteiger charge is 2.18. The molecular weight excluding hydrogens is 184 g/mol. The Labute approximate surface area is 94.2 Å². The van der Waals surface area contributed by atoms with E-state index in [1.807, 2.05) is 6.92 Å². The Morgan fingerprint density at radius 2 is 2.33 bits per heavy atom. The summed E-state index contributed by atoms with van der Waals surface area (Å²) in [6.45, 7) is 5.06. The van der Waals surface area contributed by atoms with Gasteiger partial charge in [-0.25, -0.2) is 0 Å². The summed E-state index contributed by atoms with van der Waals surface area (Å²) in [5, 5.41) is 0. The van der Waals surface area contributed by atoms with Gasteiger partial charge in [0.1, 0.15) is 0 Å². The predicted molar refractivity (Wildman–Crippen MR) is 66.0 cm³/mol. The van der Waals surface area contributed by atoms with Crippen LogP contribution in [0.25, 0.3) is 0 Å². The predicted octanol–water partition coefficient (Wildman–Crippen LogP) is 4.25. The smallest absolute Gasteiger partial charge is 0.0792 e. The number of hydrogen-bond acceptors (Lipinski definition) is 1. The molecule has 0 saturated carbocycles. The van der Waals surface area contributed by atoms with Gasteiger partial charge in [0, 0.05) is 0 Å². The molecule has 0 aliphatic heterocycles. The first-order chi connectivity index (χ1) is 7.38. The van der Waals surface area contributed by atoms with Crippen molar-refractivity contribution in [2.24, 2.45) is 0 Å². The van der Waals surface area contributed by atoms with Crippen LogP contribution in [0.2, 0.25) is 0 Å². The second kappa shape index (κ2) is 7.70. The van der Waals surface area contributed by atoms with Gasteiger partial charge >= 0.3 is 0 Å². The highest BCUT2D eigenvalue weighted by molar-refractivity contribution is 5.14. The lowest BCUT2D eigenvalue weighted by molar-refractivity contribution is 0.0988. The van der Waals surface area contributed by atoms with Crippen LogP contribution in [0.15, 0.2) is 23.8 Å². The van der Waals surface area contributed by atoms with Crippen LogP contribution in [-0.2, 0) is 4.74 Å². The van der Waals surface area contributed by atoms with E-state index in [-0.39, 0.29) is 0 Å². The number of hydrogen-bond donors (Lipinski definition) is 0. The fourth-order valence-corrected chi connectivity index (χ4v) is 2.04. The van der Waals surface area contributed by atoms with Crippen molar-refractivity contribution in [3.05, 3.63) is 23.8 Å². The largest absolute Gasteiger partial charge is 0.370 e. The van der Waals surface area contributed by atoms with E-state index in [1.165, 1.54) is 38.5 Å². The molecular formula is C14H24O. The minimum Gasteiger partial charge on any atom is -0.370 e. The van der Waals surface area contributed by atoms with Crippen molar-refractivity contribution in [2.45, 2.75) is 58.5 Å². The van der Waals surface area contributed by atoms with Crippen molar-refractivity contribution >= 4 is 0 Å². The van der Waals surface area contributed by atoms with Gasteiger partial charge in [-0.3, -0.25) is 0 Å². The molecule has 1 aliphatic carbocycles. The molecule has 1 unspecified atom stereocenters. The summed E-state index contributed by atoms with van der Waals surface area (Å²) in [7, 11) is 0. The number of rotatable bonds is 7. The molecule has 0 fully saturated rings. The highest BCUT2D eigenvalue weighted by Crippen LogP contribution is 2.26. The average molecular weight is 208 g/mol. The summed E-state index contributed by atoms with van der Waals surface area (Å²) >= 11 is 0. The van der Waals surface area contributed by atoms with Crippen LogP contribution < -0.4 is 0 Å². The highest BCUT2D eigenvalue weighted by atomic mass is 16.5. The van der Waals surface area contributed by atoms with Gasteiger partial charge < -0.3 is 4.74 Å². The Morgan fingerprint density at radius 1 is 1.47 bits per heavy atom. The maximum Gasteiger partial charge on any atom is 0.0792 e. The maximum absolute atomic E-state index is 5.83. The quantitative estimate of drug-likeness (QED) is 0.449. The van der Waals surface area contributed by atoms with E-state index in [2.05, 4.69) is 25.2 Å². The van der Waals surface area contributed by atoms with Crippen molar-refractivity contribution in [1.29, 1.82) is 0 Å². The molecule has 0 radical (unpaired) electrons. The molecule has 86 valence electrons. The molecule has 1 aliphatic rings. The molecule has 1 atom stereocenters. The summed E-state index contributed by atoms with van der Waals surface area (Å²) in [4.78, 5) is 0. The van der Waals surface area contributed by atoms with Gasteiger partial charge in [-0.15, -0.1) is 0 Å². The molecule has 1 nitrogen and oxygen atoms in total. The van der Waals surface area contributed by atoms with Crippen LogP contribution in [0.1, 0.15) is 52.4 Å². The van der Waals surface area contributed by atoms with Crippen LogP contribution in [0.3, 0.4) is 0 Å². The number of unbranched alkanes of at least 4 members (excludes halogenated alkanes) is 2. The SMILES string of the molecule is C/C=C/COC1CCC=C1CCCCC. The Kier molecular flexibility index (Phi) is 6.42. The molecule has 0 bridgehead atoms. The van der Waals surface area contributed by atoms with Crippen molar-refractivity contribution in [2.75, 3.05) is 6.61 Å². The van der Waals surface area contributed by atoms with Crippen molar-refractivity contribution in [1.82, 2.24) is 0 Å². The molecule has 0 saturated heterocycles. The zero-order valence-corrected chi connectivity index (χ0v) is 10.2. The first-order valence-corrected chi connectivity index (χ1v) is 6.30. The van der Waals surface area contributed by atoms with Gasteiger partial charge in [0.2, 0.25) is 0 Å². The van der Waals surface area contributed by atoms with Gasteiger partial charge in [-0.05, 0) is 38.2 Å². The van der Waals surface area contributed by atoms with E-state index in [0.29, 0.717) is 6.10 Å². The Bertz CT molecular complexity index is 215. The molecule has 0 spiro atoms. The van der Waals surface area contributed by atoms with Crippen LogP contribution in [-0.4, -0.2) is 12.7 Å². The Morgan fingerprint density at radius 3 is 3.07 bits per heavy atom. The summed E-state index contributed by atoms with van der Waals surface area (Å²) in [6.07, 6.45) is 14.6. The van der Waals surface area contributed by atoms with Gasteiger partial charge in [0.25, 0.3) is 0 Å². The molecule has 0 aromatic rings. The second-order valence-electron chi connectivity index (χ2n) is 4.20. The van der Waals surface area contributed by atoms with E-state index in [4.69, 9.17) is 4.74 Å². The third kappa shape index (κ3) is 4.65. The normalized spacial score (nSPS) is 21.2. The van der Waals surface area contributed by atoms with Crippen molar-refractivity contribution in [3.8, 4) is 0 Å². The van der Waals surface area contributed by atoms with Crippen LogP contribution >= 0.6 is 0 Å². The maximum atomic E-state index is 5.83. The van der Waals surface area contributed by atoms with Crippen molar-refractivity contribution < 1.29 is 4.74 Å². The van der Waals surface area contributed by atoms with E-state index in [9.17, 15) is 0 Å². The summed E-state index contributed by atoms with van der Waals surface area (Å²) in [5.41, 5.74) is 1.55. The van der Waals surface area contributed by atoms with E-state index < -0.39 is 0 Å². The minimum absolute atomic E-state index is 0.415. The van der Waals surface area contributed by atoms with E-state index in [1.54, 1.807) is 5.57 Å². The Hall–Kier alpha value is -0.560. The molecule has 0 heterocycles. The van der Waals surface area contributed by atoms with Gasteiger partial charge in [0.05, 0.1) is 12.7 Å². The molecule has 0 aromatic heterocycles. The third-order valence-corrected chi connectivity index (χ3v) is 2.95. The van der Waals surface area contributed by atoms with E-state index in [0.717, 1.165) is 6.61 Å². The molecule has 0 aromatic carbocycles. The summed E-state index contributed by atoms with van der Waals surface area (Å²) in [5.74, 6) is 0. The lowest BCUT2D eigenvalue weighted by atomic mass is 10.1. The molecule has 0 amide bonds. The fourth-order valence-electron chi connectivity index (χ4n) is 2.04. The molecule has 1 rings (SSSR count). The molecule has 1 heteroatoms. The van der Waals surface area contributed by atoms with Gasteiger partial charge in [-0.1, -0.05) is 38.0 Å². The lowest BCUT2D eigenvalue weighted by Gasteiger charge is -2.14. The first-order valence-electron chi connectivity index (χ1n) is 6.30. The number of ether oxygens (including phenoxy) is 1. The van der Waals surface area contributed by atoms with Crippen LogP contribution in [0.4, 0.5) is 0 Å². The average Bonchev–Trinajstić information content (AvgIpc) is 2.67. The fraction of sp³-hybridized carbons (Fsp3) is 0.714. The Balaban J connectivity index is 2.22. The standard InChI is InChI=1S/C14H24O/c1-3-5-7-9-13-10-8-11-14(13)15-12-6-4-2/h4,6,10,14H,3,5,7-9,11-12H2,1-2H3/b6-4+. The van der Waals surface area contributed by atoms with Crippen molar-refractivity contribution in [3.63, 3.8) is 0 Å². The first kappa shape index (κ1) is 12.5. The van der Waals surface area contributed by atoms with Gasteiger partial charge in [-0.2, -0.15) is 0 Å². The molecule has 0 N–H and O–H groups in total. The zero-order valence-electron chi connectivity index (χ0n) is 10.2. The lowest BCUT2D eigenvalue weighted by Crippen LogP contribution is -2.12. The topological polar surface area (TPSA) is 9.23 Å². The summed E-state index contributed by atoms with van der Waals surface area (Å²) < 4.78 is 5.83. The second-order valence-corrected chi connectivity index (χ2v) is 4.20. The zero-order chi connectivity index (χ0) is 10.9. The van der Waals surface area contributed by atoms with Crippen LogP contribution in [0, 0.1) is 0 Å².